The zero-order valence-electron chi connectivity index (χ0n) is 12.0. The van der Waals surface area contributed by atoms with Crippen LogP contribution >= 0.6 is 0 Å². The number of rotatable bonds is 4. The van der Waals surface area contributed by atoms with Gasteiger partial charge in [0, 0.05) is 0 Å². The van der Waals surface area contributed by atoms with Gasteiger partial charge in [-0.3, -0.25) is 0 Å². The Bertz CT molecular complexity index is 553. The SMILES string of the molecule is Cc1cc(C)cc(-n2nnc(CO)c2CC(C)C)c1. The van der Waals surface area contributed by atoms with Gasteiger partial charge in [0.1, 0.15) is 5.69 Å². The lowest BCUT2D eigenvalue weighted by molar-refractivity contribution is 0.275. The largest absolute Gasteiger partial charge is 0.390 e. The summed E-state index contributed by atoms with van der Waals surface area (Å²) < 4.78 is 1.85. The maximum atomic E-state index is 9.38. The van der Waals surface area contributed by atoms with Crippen molar-refractivity contribution in [3.05, 3.63) is 40.7 Å². The van der Waals surface area contributed by atoms with Crippen molar-refractivity contribution >= 4 is 0 Å². The zero-order valence-corrected chi connectivity index (χ0v) is 12.0. The lowest BCUT2D eigenvalue weighted by Gasteiger charge is -2.11. The van der Waals surface area contributed by atoms with Crippen LogP contribution < -0.4 is 0 Å². The Labute approximate surface area is 114 Å². The molecule has 0 unspecified atom stereocenters. The van der Waals surface area contributed by atoms with Gasteiger partial charge in [0.05, 0.1) is 18.0 Å². The van der Waals surface area contributed by atoms with Crippen LogP contribution in [0.25, 0.3) is 5.69 Å². The lowest BCUT2D eigenvalue weighted by Crippen LogP contribution is -2.07. The second-order valence-electron chi connectivity index (χ2n) is 5.50. The highest BCUT2D eigenvalue weighted by Gasteiger charge is 2.15. The Hall–Kier alpha value is -1.68. The van der Waals surface area contributed by atoms with E-state index in [0.717, 1.165) is 17.8 Å². The van der Waals surface area contributed by atoms with Gasteiger partial charge in [-0.1, -0.05) is 25.1 Å². The van der Waals surface area contributed by atoms with Crippen LogP contribution in [0.3, 0.4) is 0 Å². The van der Waals surface area contributed by atoms with Crippen LogP contribution in [0.4, 0.5) is 0 Å². The zero-order chi connectivity index (χ0) is 14.0. The molecule has 0 bridgehead atoms. The van der Waals surface area contributed by atoms with Crippen molar-refractivity contribution in [1.82, 2.24) is 15.0 Å². The molecule has 19 heavy (non-hydrogen) atoms. The van der Waals surface area contributed by atoms with Crippen LogP contribution in [0.15, 0.2) is 18.2 Å². The third kappa shape index (κ3) is 3.01. The number of aryl methyl sites for hydroxylation is 2. The molecule has 2 rings (SSSR count). The fourth-order valence-corrected chi connectivity index (χ4v) is 2.33. The minimum Gasteiger partial charge on any atom is -0.390 e. The number of aliphatic hydroxyl groups excluding tert-OH is 1. The van der Waals surface area contributed by atoms with Gasteiger partial charge in [0.25, 0.3) is 0 Å². The van der Waals surface area contributed by atoms with Crippen LogP contribution in [-0.4, -0.2) is 20.1 Å². The van der Waals surface area contributed by atoms with Crippen molar-refractivity contribution in [1.29, 1.82) is 0 Å². The van der Waals surface area contributed by atoms with Gasteiger partial charge in [0.15, 0.2) is 0 Å². The van der Waals surface area contributed by atoms with Gasteiger partial charge >= 0.3 is 0 Å². The summed E-state index contributed by atoms with van der Waals surface area (Å²) in [7, 11) is 0. The first-order valence-electron chi connectivity index (χ1n) is 6.64. The van der Waals surface area contributed by atoms with Crippen molar-refractivity contribution < 1.29 is 5.11 Å². The summed E-state index contributed by atoms with van der Waals surface area (Å²) in [4.78, 5) is 0. The summed E-state index contributed by atoms with van der Waals surface area (Å²) in [6.45, 7) is 8.39. The first-order chi connectivity index (χ1) is 9.01. The van der Waals surface area contributed by atoms with Crippen LogP contribution in [0.2, 0.25) is 0 Å². The Balaban J connectivity index is 2.51. The van der Waals surface area contributed by atoms with Gasteiger partial charge in [-0.15, -0.1) is 5.10 Å². The second-order valence-corrected chi connectivity index (χ2v) is 5.50. The van der Waals surface area contributed by atoms with E-state index < -0.39 is 0 Å². The first-order valence-corrected chi connectivity index (χ1v) is 6.64. The molecule has 1 aromatic heterocycles. The Morgan fingerprint density at radius 2 is 1.79 bits per heavy atom. The predicted octanol–water partition coefficient (Wildman–Crippen LogP) is 2.57. The average molecular weight is 259 g/mol. The first kappa shape index (κ1) is 13.7. The van der Waals surface area contributed by atoms with Crippen LogP contribution in [-0.2, 0) is 13.0 Å². The molecule has 0 spiro atoms. The number of nitrogens with zero attached hydrogens (tertiary/aromatic N) is 3. The lowest BCUT2D eigenvalue weighted by atomic mass is 10.1. The molecule has 1 heterocycles. The van der Waals surface area contributed by atoms with Gasteiger partial charge < -0.3 is 5.11 Å². The van der Waals surface area contributed by atoms with Crippen molar-refractivity contribution in [3.63, 3.8) is 0 Å². The average Bonchev–Trinajstić information content (AvgIpc) is 2.69. The summed E-state index contributed by atoms with van der Waals surface area (Å²) in [5.41, 5.74) is 5.09. The topological polar surface area (TPSA) is 50.9 Å². The van der Waals surface area contributed by atoms with E-state index in [1.54, 1.807) is 0 Å². The summed E-state index contributed by atoms with van der Waals surface area (Å²) in [5.74, 6) is 0.494. The van der Waals surface area contributed by atoms with E-state index in [9.17, 15) is 5.11 Å². The van der Waals surface area contributed by atoms with E-state index in [0.29, 0.717) is 11.6 Å². The minimum absolute atomic E-state index is 0.0626. The second kappa shape index (κ2) is 5.53. The van der Waals surface area contributed by atoms with Gasteiger partial charge in [-0.05, 0) is 49.4 Å². The number of hydrogen-bond donors (Lipinski definition) is 1. The molecule has 1 aromatic carbocycles. The summed E-state index contributed by atoms with van der Waals surface area (Å²) >= 11 is 0. The molecule has 0 aliphatic rings. The molecule has 0 atom stereocenters. The van der Waals surface area contributed by atoms with Crippen molar-refractivity contribution in [2.24, 2.45) is 5.92 Å². The molecule has 0 amide bonds. The number of benzene rings is 1. The standard InChI is InChI=1S/C15H21N3O/c1-10(2)5-15-14(9-19)16-17-18(15)13-7-11(3)6-12(4)8-13/h6-8,10,19H,5,9H2,1-4H3. The molecule has 2 aromatic rings. The molecule has 4 heteroatoms. The Kier molecular flexibility index (Phi) is 4.00. The maximum Gasteiger partial charge on any atom is 0.112 e. The van der Waals surface area contributed by atoms with Crippen LogP contribution in [0.5, 0.6) is 0 Å². The third-order valence-corrected chi connectivity index (χ3v) is 3.05. The molecule has 4 nitrogen and oxygen atoms in total. The van der Waals surface area contributed by atoms with E-state index in [2.05, 4.69) is 56.2 Å². The van der Waals surface area contributed by atoms with Crippen molar-refractivity contribution in [3.8, 4) is 5.69 Å². The fourth-order valence-electron chi connectivity index (χ4n) is 2.33. The van der Waals surface area contributed by atoms with E-state index in [4.69, 9.17) is 0 Å². The number of hydrogen-bond acceptors (Lipinski definition) is 3. The molecule has 1 N–H and O–H groups in total. The quantitative estimate of drug-likeness (QED) is 0.918. The minimum atomic E-state index is -0.0626. The van der Waals surface area contributed by atoms with Gasteiger partial charge in [0.2, 0.25) is 0 Å². The summed E-state index contributed by atoms with van der Waals surface area (Å²) in [6.07, 6.45) is 0.857. The Morgan fingerprint density at radius 1 is 1.16 bits per heavy atom. The smallest absolute Gasteiger partial charge is 0.112 e. The molecule has 102 valence electrons. The van der Waals surface area contributed by atoms with E-state index in [-0.39, 0.29) is 6.61 Å². The molecule has 0 saturated heterocycles. The molecular weight excluding hydrogens is 238 g/mol. The van der Waals surface area contributed by atoms with Crippen molar-refractivity contribution in [2.45, 2.75) is 40.7 Å². The normalized spacial score (nSPS) is 11.3. The number of aliphatic hydroxyl groups is 1. The van der Waals surface area contributed by atoms with Crippen LogP contribution in [0.1, 0.15) is 36.4 Å². The van der Waals surface area contributed by atoms with Gasteiger partial charge in [-0.2, -0.15) is 0 Å². The number of aromatic nitrogens is 3. The summed E-state index contributed by atoms with van der Waals surface area (Å²) in [5, 5.41) is 17.7. The fraction of sp³-hybridized carbons (Fsp3) is 0.467. The van der Waals surface area contributed by atoms with E-state index in [1.807, 2.05) is 4.68 Å². The monoisotopic (exact) mass is 259 g/mol. The molecule has 0 fully saturated rings. The molecule has 0 saturated carbocycles. The Morgan fingerprint density at radius 3 is 2.32 bits per heavy atom. The molecule has 0 radical (unpaired) electrons. The van der Waals surface area contributed by atoms with Gasteiger partial charge in [-0.25, -0.2) is 4.68 Å². The highest BCUT2D eigenvalue weighted by Crippen LogP contribution is 2.19. The highest BCUT2D eigenvalue weighted by atomic mass is 16.3. The van der Waals surface area contributed by atoms with Crippen LogP contribution in [0, 0.1) is 19.8 Å². The molecule has 0 aliphatic carbocycles. The molecule has 0 aliphatic heterocycles. The highest BCUT2D eigenvalue weighted by molar-refractivity contribution is 5.40. The molecular formula is C15H21N3O. The van der Waals surface area contributed by atoms with E-state index >= 15 is 0 Å². The van der Waals surface area contributed by atoms with E-state index in [1.165, 1.54) is 11.1 Å². The summed E-state index contributed by atoms with van der Waals surface area (Å²) in [6, 6.07) is 6.31. The third-order valence-electron chi connectivity index (χ3n) is 3.05. The maximum absolute atomic E-state index is 9.38. The van der Waals surface area contributed by atoms with Crippen molar-refractivity contribution in [2.75, 3.05) is 0 Å². The predicted molar refractivity (Wildman–Crippen MR) is 75.3 cm³/mol.